The zero-order valence-corrected chi connectivity index (χ0v) is 17.4. The van der Waals surface area contributed by atoms with Gasteiger partial charge in [0.25, 0.3) is 0 Å². The predicted octanol–water partition coefficient (Wildman–Crippen LogP) is 4.91. The molecule has 0 aliphatic rings. The minimum absolute atomic E-state index is 0.103. The van der Waals surface area contributed by atoms with E-state index in [4.69, 9.17) is 4.74 Å². The first-order valence-corrected chi connectivity index (χ1v) is 10.6. The van der Waals surface area contributed by atoms with E-state index in [1.807, 2.05) is 71.1 Å². The molecule has 0 fully saturated rings. The molecule has 33 heavy (non-hydrogen) atoms. The van der Waals surface area contributed by atoms with Crippen LogP contribution in [-0.2, 0) is 11.3 Å². The van der Waals surface area contributed by atoms with Crippen LogP contribution in [-0.4, -0.2) is 10.4 Å². The molecule has 5 heteroatoms. The smallest absolute Gasteiger partial charge is 0.338 e. The van der Waals surface area contributed by atoms with Gasteiger partial charge >= 0.3 is 5.97 Å². The molecule has 0 saturated heterocycles. The van der Waals surface area contributed by atoms with Crippen LogP contribution in [0.5, 0.6) is 0 Å². The summed E-state index contributed by atoms with van der Waals surface area (Å²) in [6, 6.07) is 27.0. The summed E-state index contributed by atoms with van der Waals surface area (Å²) in [5, 5.41) is 1.69. The van der Waals surface area contributed by atoms with Crippen LogP contribution in [0, 0.1) is 0 Å². The van der Waals surface area contributed by atoms with Crippen molar-refractivity contribution in [3.05, 3.63) is 123 Å². The van der Waals surface area contributed by atoms with Gasteiger partial charge in [-0.3, -0.25) is 9.59 Å². The van der Waals surface area contributed by atoms with Crippen LogP contribution in [0.1, 0.15) is 15.9 Å². The third kappa shape index (κ3) is 2.90. The molecular weight excluding hydrogens is 414 g/mol. The molecule has 6 aromatic rings. The van der Waals surface area contributed by atoms with Gasteiger partial charge in [0.1, 0.15) is 6.61 Å². The van der Waals surface area contributed by atoms with E-state index in [1.165, 1.54) is 0 Å². The average molecular weight is 431 g/mol. The lowest BCUT2D eigenvalue weighted by atomic mass is 10.0. The lowest BCUT2D eigenvalue weighted by Gasteiger charge is -2.15. The molecule has 0 radical (unpaired) electrons. The lowest BCUT2D eigenvalue weighted by Crippen LogP contribution is -2.16. The topological polar surface area (TPSA) is 64.8 Å². The van der Waals surface area contributed by atoms with Crippen LogP contribution < -0.4 is 10.9 Å². The Morgan fingerprint density at radius 3 is 1.76 bits per heavy atom. The Morgan fingerprint density at radius 2 is 1.18 bits per heavy atom. The quantitative estimate of drug-likeness (QED) is 0.227. The molecule has 158 valence electrons. The van der Waals surface area contributed by atoms with Gasteiger partial charge in [-0.15, -0.1) is 0 Å². The summed E-state index contributed by atoms with van der Waals surface area (Å²) in [5.74, 6) is -0.581. The van der Waals surface area contributed by atoms with Crippen LogP contribution in [0.4, 0.5) is 0 Å². The summed E-state index contributed by atoms with van der Waals surface area (Å²) in [5.41, 5.74) is 2.55. The van der Waals surface area contributed by atoms with Crippen molar-refractivity contribution < 1.29 is 9.53 Å². The van der Waals surface area contributed by atoms with Gasteiger partial charge in [0.05, 0.1) is 22.1 Å². The largest absolute Gasteiger partial charge is 0.457 e. The Hall–Kier alpha value is -4.51. The van der Waals surface area contributed by atoms with Crippen LogP contribution >= 0.6 is 0 Å². The van der Waals surface area contributed by atoms with E-state index in [0.717, 1.165) is 16.6 Å². The highest BCUT2D eigenvalue weighted by atomic mass is 16.5. The standard InChI is InChI=1S/C28H17NO4/c30-26-19-10-4-6-12-23(19)29-24-13-7-5-11-20(24)27(31)22-15-18(14-21(26)25(22)29)28(32)33-16-17-8-2-1-3-9-17/h1-15H,16H2. The third-order valence-corrected chi connectivity index (χ3v) is 6.05. The SMILES string of the molecule is O=C(OCc1ccccc1)c1cc2c(=O)c3ccccc3n3c4ccccc4c(=O)c(c1)c23. The van der Waals surface area contributed by atoms with Crippen molar-refractivity contribution in [2.24, 2.45) is 0 Å². The molecule has 2 heterocycles. The van der Waals surface area contributed by atoms with Crippen LogP contribution in [0.15, 0.2) is 101 Å². The summed E-state index contributed by atoms with van der Waals surface area (Å²) in [4.78, 5) is 39.8. The first-order chi connectivity index (χ1) is 16.1. The average Bonchev–Trinajstić information content (AvgIpc) is 2.87. The highest BCUT2D eigenvalue weighted by Gasteiger charge is 2.20. The molecule has 0 atom stereocenters. The molecule has 0 N–H and O–H groups in total. The molecule has 0 spiro atoms. The van der Waals surface area contributed by atoms with Gasteiger partial charge in [0, 0.05) is 21.5 Å². The van der Waals surface area contributed by atoms with Crippen molar-refractivity contribution in [3.63, 3.8) is 0 Å². The highest BCUT2D eigenvalue weighted by Crippen LogP contribution is 2.28. The zero-order chi connectivity index (χ0) is 22.5. The summed E-state index contributed by atoms with van der Waals surface area (Å²) < 4.78 is 7.43. The number of carbonyl (C=O) groups excluding carboxylic acids is 1. The van der Waals surface area contributed by atoms with Gasteiger partial charge in [0.15, 0.2) is 10.9 Å². The molecule has 0 saturated carbocycles. The molecular formula is C28H17NO4. The number of para-hydroxylation sites is 2. The number of hydrogen-bond donors (Lipinski definition) is 0. The molecule has 0 bridgehead atoms. The van der Waals surface area contributed by atoms with Gasteiger partial charge in [-0.2, -0.15) is 0 Å². The van der Waals surface area contributed by atoms with Gasteiger partial charge in [-0.05, 0) is 42.0 Å². The Balaban J connectivity index is 1.67. The van der Waals surface area contributed by atoms with Crippen molar-refractivity contribution in [2.45, 2.75) is 6.61 Å². The molecule has 0 aliphatic carbocycles. The van der Waals surface area contributed by atoms with E-state index >= 15 is 0 Å². The summed E-state index contributed by atoms with van der Waals surface area (Å²) in [7, 11) is 0. The van der Waals surface area contributed by atoms with E-state index in [2.05, 4.69) is 0 Å². The maximum Gasteiger partial charge on any atom is 0.338 e. The fourth-order valence-corrected chi connectivity index (χ4v) is 4.53. The number of fused-ring (bicyclic) bond motifs is 4. The molecule has 0 amide bonds. The molecule has 0 aliphatic heterocycles. The zero-order valence-electron chi connectivity index (χ0n) is 17.4. The normalized spacial score (nSPS) is 11.5. The lowest BCUT2D eigenvalue weighted by molar-refractivity contribution is 0.0473. The van der Waals surface area contributed by atoms with Crippen molar-refractivity contribution in [3.8, 4) is 0 Å². The Kier molecular flexibility index (Phi) is 4.23. The molecule has 4 aromatic carbocycles. The van der Waals surface area contributed by atoms with E-state index in [1.54, 1.807) is 24.3 Å². The maximum absolute atomic E-state index is 13.4. The second kappa shape index (κ2) is 7.28. The molecule has 6 rings (SSSR count). The summed E-state index contributed by atoms with van der Waals surface area (Å²) in [6.07, 6.45) is 0. The van der Waals surface area contributed by atoms with Gasteiger partial charge in [-0.1, -0.05) is 54.6 Å². The van der Waals surface area contributed by atoms with Crippen LogP contribution in [0.3, 0.4) is 0 Å². The number of pyridine rings is 2. The number of hydrogen-bond acceptors (Lipinski definition) is 4. The van der Waals surface area contributed by atoms with E-state index in [9.17, 15) is 14.4 Å². The Morgan fingerprint density at radius 1 is 0.667 bits per heavy atom. The van der Waals surface area contributed by atoms with Crippen molar-refractivity contribution >= 4 is 44.1 Å². The number of rotatable bonds is 3. The summed E-state index contributed by atoms with van der Waals surface area (Å²) >= 11 is 0. The molecule has 0 unspecified atom stereocenters. The number of carbonyl (C=O) groups is 1. The van der Waals surface area contributed by atoms with Gasteiger partial charge < -0.3 is 9.14 Å². The summed E-state index contributed by atoms with van der Waals surface area (Å²) in [6.45, 7) is 0.103. The first-order valence-electron chi connectivity index (χ1n) is 10.6. The minimum atomic E-state index is -0.581. The second-order valence-electron chi connectivity index (χ2n) is 8.01. The number of aromatic nitrogens is 1. The minimum Gasteiger partial charge on any atom is -0.457 e. The van der Waals surface area contributed by atoms with Gasteiger partial charge in [0.2, 0.25) is 0 Å². The fraction of sp³-hybridized carbons (Fsp3) is 0.0357. The van der Waals surface area contributed by atoms with Gasteiger partial charge in [-0.25, -0.2) is 4.79 Å². The highest BCUT2D eigenvalue weighted by molar-refractivity contribution is 6.10. The first kappa shape index (κ1) is 19.2. The fourth-order valence-electron chi connectivity index (χ4n) is 4.53. The Labute approximate surface area is 187 Å². The molecule has 5 nitrogen and oxygen atoms in total. The second-order valence-corrected chi connectivity index (χ2v) is 8.01. The van der Waals surface area contributed by atoms with Crippen molar-refractivity contribution in [2.75, 3.05) is 0 Å². The maximum atomic E-state index is 13.4. The monoisotopic (exact) mass is 431 g/mol. The van der Waals surface area contributed by atoms with Crippen molar-refractivity contribution in [1.82, 2.24) is 4.40 Å². The number of benzene rings is 4. The predicted molar refractivity (Wildman–Crippen MR) is 129 cm³/mol. The number of ether oxygens (including phenoxy) is 1. The number of esters is 1. The van der Waals surface area contributed by atoms with Crippen LogP contribution in [0.2, 0.25) is 0 Å². The third-order valence-electron chi connectivity index (χ3n) is 6.05. The number of nitrogens with zero attached hydrogens (tertiary/aromatic N) is 1. The van der Waals surface area contributed by atoms with Crippen molar-refractivity contribution in [1.29, 1.82) is 0 Å². The molecule has 2 aromatic heterocycles. The van der Waals surface area contributed by atoms with E-state index < -0.39 is 5.97 Å². The van der Waals surface area contributed by atoms with E-state index in [-0.39, 0.29) is 23.0 Å². The van der Waals surface area contributed by atoms with E-state index in [0.29, 0.717) is 27.1 Å². The Bertz CT molecular complexity index is 1720. The van der Waals surface area contributed by atoms with Crippen LogP contribution in [0.25, 0.3) is 38.1 Å².